The second-order valence-electron chi connectivity index (χ2n) is 5.77. The van der Waals surface area contributed by atoms with E-state index in [-0.39, 0.29) is 5.91 Å². The van der Waals surface area contributed by atoms with Crippen LogP contribution in [0.2, 0.25) is 0 Å². The number of hydrogen-bond donors (Lipinski definition) is 0. The minimum atomic E-state index is -0.0812. The molecule has 1 aromatic heterocycles. The van der Waals surface area contributed by atoms with Gasteiger partial charge in [-0.2, -0.15) is 0 Å². The number of amidine groups is 1. The maximum Gasteiger partial charge on any atom is 0.266 e. The summed E-state index contributed by atoms with van der Waals surface area (Å²) < 4.78 is 5.87. The van der Waals surface area contributed by atoms with Crippen molar-refractivity contribution in [3.05, 3.63) is 83.5 Å². The van der Waals surface area contributed by atoms with Gasteiger partial charge in [0.25, 0.3) is 5.91 Å². The Morgan fingerprint density at radius 3 is 2.38 bits per heavy atom. The summed E-state index contributed by atoms with van der Waals surface area (Å²) in [5, 5.41) is 0.655. The van der Waals surface area contributed by atoms with Crippen molar-refractivity contribution in [1.29, 1.82) is 0 Å². The number of para-hydroxylation sites is 1. The first-order valence-corrected chi connectivity index (χ1v) is 8.99. The fourth-order valence-electron chi connectivity index (χ4n) is 2.58. The molecular formula is C21H16N2O2S. The predicted molar refractivity (Wildman–Crippen MR) is 106 cm³/mol. The number of furan rings is 1. The molecule has 1 fully saturated rings. The Hall–Kier alpha value is -3.05. The molecule has 1 aliphatic rings. The van der Waals surface area contributed by atoms with Crippen molar-refractivity contribution >= 4 is 34.6 Å². The number of benzene rings is 2. The van der Waals surface area contributed by atoms with Gasteiger partial charge in [0.15, 0.2) is 5.17 Å². The van der Waals surface area contributed by atoms with E-state index in [1.807, 2.05) is 72.8 Å². The number of nitrogens with zero attached hydrogens (tertiary/aromatic N) is 2. The summed E-state index contributed by atoms with van der Waals surface area (Å²) in [6, 6.07) is 23.3. The largest absolute Gasteiger partial charge is 0.457 e. The van der Waals surface area contributed by atoms with Crippen LogP contribution in [0.5, 0.6) is 0 Å². The molecule has 0 atom stereocenters. The lowest BCUT2D eigenvalue weighted by atomic mass is 10.2. The molecule has 0 unspecified atom stereocenters. The van der Waals surface area contributed by atoms with E-state index >= 15 is 0 Å². The van der Waals surface area contributed by atoms with Crippen LogP contribution in [0, 0.1) is 0 Å². The van der Waals surface area contributed by atoms with Crippen LogP contribution in [0.1, 0.15) is 5.76 Å². The molecule has 0 bridgehead atoms. The predicted octanol–water partition coefficient (Wildman–Crippen LogP) is 5.18. The van der Waals surface area contributed by atoms with Gasteiger partial charge >= 0.3 is 0 Å². The highest BCUT2D eigenvalue weighted by Gasteiger charge is 2.30. The fraction of sp³-hybridized carbons (Fsp3) is 0.0476. The molecule has 1 amide bonds. The Labute approximate surface area is 155 Å². The third-order valence-corrected chi connectivity index (χ3v) is 5.00. The zero-order valence-corrected chi connectivity index (χ0v) is 14.9. The molecule has 2 aromatic carbocycles. The van der Waals surface area contributed by atoms with Gasteiger partial charge in [0.2, 0.25) is 0 Å². The summed E-state index contributed by atoms with van der Waals surface area (Å²) in [5.41, 5.74) is 1.83. The maximum absolute atomic E-state index is 12.5. The molecule has 26 heavy (non-hydrogen) atoms. The van der Waals surface area contributed by atoms with Gasteiger partial charge in [0.1, 0.15) is 11.5 Å². The van der Waals surface area contributed by atoms with Gasteiger partial charge < -0.3 is 4.42 Å². The molecule has 0 N–H and O–H groups in total. The van der Waals surface area contributed by atoms with E-state index in [4.69, 9.17) is 4.42 Å². The second kappa shape index (κ2) is 7.06. The Balaban J connectivity index is 1.59. The van der Waals surface area contributed by atoms with Gasteiger partial charge in [0, 0.05) is 18.7 Å². The first-order chi connectivity index (χ1) is 12.7. The molecule has 2 heterocycles. The third kappa shape index (κ3) is 3.34. The molecule has 4 rings (SSSR count). The summed E-state index contributed by atoms with van der Waals surface area (Å²) in [4.78, 5) is 19.2. The van der Waals surface area contributed by atoms with Crippen LogP contribution >= 0.6 is 11.8 Å². The minimum Gasteiger partial charge on any atom is -0.457 e. The molecule has 0 radical (unpaired) electrons. The molecule has 0 saturated carbocycles. The van der Waals surface area contributed by atoms with Gasteiger partial charge in [-0.15, -0.1) is 0 Å². The zero-order chi connectivity index (χ0) is 17.9. The van der Waals surface area contributed by atoms with Crippen molar-refractivity contribution in [3.63, 3.8) is 0 Å². The standard InChI is InChI=1S/C21H16N2O2S/c1-23-20(24)19(26-21(23)22-16-10-6-3-7-11-16)14-17-12-13-18(25-17)15-8-4-2-5-9-15/h2-14H,1H3. The van der Waals surface area contributed by atoms with Crippen molar-refractivity contribution in [2.24, 2.45) is 4.99 Å². The number of likely N-dealkylation sites (N-methyl/N-ethyl adjacent to an activating group) is 1. The average molecular weight is 360 g/mol. The Morgan fingerprint density at radius 2 is 1.65 bits per heavy atom. The lowest BCUT2D eigenvalue weighted by molar-refractivity contribution is -0.121. The van der Waals surface area contributed by atoms with E-state index in [0.717, 1.165) is 17.0 Å². The van der Waals surface area contributed by atoms with Gasteiger partial charge in [0.05, 0.1) is 10.6 Å². The van der Waals surface area contributed by atoms with Gasteiger partial charge in [-0.3, -0.25) is 9.69 Å². The first kappa shape index (κ1) is 16.4. The first-order valence-electron chi connectivity index (χ1n) is 8.17. The summed E-state index contributed by atoms with van der Waals surface area (Å²) in [5.74, 6) is 1.34. The zero-order valence-electron chi connectivity index (χ0n) is 14.1. The number of hydrogen-bond acceptors (Lipinski definition) is 4. The van der Waals surface area contributed by atoms with Crippen LogP contribution in [0.4, 0.5) is 5.69 Å². The molecule has 4 nitrogen and oxygen atoms in total. The third-order valence-electron chi connectivity index (χ3n) is 3.94. The Bertz CT molecular complexity index is 991. The normalized spacial score (nSPS) is 17.4. The highest BCUT2D eigenvalue weighted by atomic mass is 32.2. The van der Waals surface area contributed by atoms with Crippen molar-refractivity contribution in [1.82, 2.24) is 4.90 Å². The molecule has 0 aliphatic carbocycles. The fourth-order valence-corrected chi connectivity index (χ4v) is 3.55. The number of aliphatic imine (C=N–C) groups is 1. The highest BCUT2D eigenvalue weighted by molar-refractivity contribution is 8.18. The molecule has 1 saturated heterocycles. The van der Waals surface area contributed by atoms with Crippen LogP contribution in [-0.4, -0.2) is 23.0 Å². The topological polar surface area (TPSA) is 45.8 Å². The summed E-state index contributed by atoms with van der Waals surface area (Å²) in [7, 11) is 1.73. The van der Waals surface area contributed by atoms with Gasteiger partial charge in [-0.1, -0.05) is 48.5 Å². The van der Waals surface area contributed by atoms with Crippen LogP contribution in [0.25, 0.3) is 17.4 Å². The van der Waals surface area contributed by atoms with Crippen molar-refractivity contribution in [3.8, 4) is 11.3 Å². The number of thioether (sulfide) groups is 1. The van der Waals surface area contributed by atoms with Crippen molar-refractivity contribution < 1.29 is 9.21 Å². The van der Waals surface area contributed by atoms with E-state index in [9.17, 15) is 4.79 Å². The molecule has 5 heteroatoms. The lowest BCUT2D eigenvalue weighted by Crippen LogP contribution is -2.23. The number of carbonyl (C=O) groups is 1. The van der Waals surface area contributed by atoms with E-state index in [2.05, 4.69) is 4.99 Å². The van der Waals surface area contributed by atoms with E-state index in [0.29, 0.717) is 15.8 Å². The minimum absolute atomic E-state index is 0.0812. The number of amides is 1. The molecule has 3 aromatic rings. The second-order valence-corrected chi connectivity index (χ2v) is 6.78. The van der Waals surface area contributed by atoms with Crippen LogP contribution in [0.15, 0.2) is 87.1 Å². The summed E-state index contributed by atoms with van der Waals surface area (Å²) >= 11 is 1.35. The molecular weight excluding hydrogens is 344 g/mol. The molecule has 0 spiro atoms. The highest BCUT2D eigenvalue weighted by Crippen LogP contribution is 2.34. The van der Waals surface area contributed by atoms with Crippen LogP contribution in [-0.2, 0) is 4.79 Å². The van der Waals surface area contributed by atoms with Gasteiger partial charge in [-0.05, 0) is 36.0 Å². The lowest BCUT2D eigenvalue weighted by Gasteiger charge is -2.06. The van der Waals surface area contributed by atoms with Crippen molar-refractivity contribution in [2.75, 3.05) is 7.05 Å². The SMILES string of the molecule is CN1C(=O)C(=Cc2ccc(-c3ccccc3)o2)SC1=Nc1ccccc1. The quantitative estimate of drug-likeness (QED) is 0.605. The smallest absolute Gasteiger partial charge is 0.266 e. The van der Waals surface area contributed by atoms with Crippen LogP contribution < -0.4 is 0 Å². The number of rotatable bonds is 3. The van der Waals surface area contributed by atoms with E-state index in [1.54, 1.807) is 18.0 Å². The van der Waals surface area contributed by atoms with Crippen LogP contribution in [0.3, 0.4) is 0 Å². The van der Waals surface area contributed by atoms with E-state index in [1.165, 1.54) is 11.8 Å². The van der Waals surface area contributed by atoms with Gasteiger partial charge in [-0.25, -0.2) is 4.99 Å². The Kier molecular flexibility index (Phi) is 4.46. The summed E-state index contributed by atoms with van der Waals surface area (Å²) in [6.45, 7) is 0. The molecule has 128 valence electrons. The average Bonchev–Trinajstić information content (AvgIpc) is 3.25. The monoisotopic (exact) mass is 360 g/mol. The van der Waals surface area contributed by atoms with Crippen molar-refractivity contribution in [2.45, 2.75) is 0 Å². The Morgan fingerprint density at radius 1 is 0.962 bits per heavy atom. The molecule has 1 aliphatic heterocycles. The number of carbonyl (C=O) groups excluding carboxylic acids is 1. The maximum atomic E-state index is 12.5. The summed E-state index contributed by atoms with van der Waals surface area (Å²) in [6.07, 6.45) is 1.77. The van der Waals surface area contributed by atoms with E-state index < -0.39 is 0 Å².